The number of aromatic nitrogens is 1. The third kappa shape index (κ3) is 2.74. The predicted octanol–water partition coefficient (Wildman–Crippen LogP) is 4.03. The minimum atomic E-state index is 0.795. The topological polar surface area (TPSA) is 24.9 Å². The average molecular weight is 253 g/mol. The summed E-state index contributed by atoms with van der Waals surface area (Å²) in [4.78, 5) is 5.63. The van der Waals surface area contributed by atoms with Crippen molar-refractivity contribution in [1.82, 2.24) is 4.98 Å². The number of rotatable bonds is 3. The highest BCUT2D eigenvalue weighted by Crippen LogP contribution is 2.22. The molecule has 4 heteroatoms. The van der Waals surface area contributed by atoms with Crippen LogP contribution in [-0.4, -0.2) is 4.98 Å². The van der Waals surface area contributed by atoms with Crippen LogP contribution in [-0.2, 0) is 6.54 Å². The molecule has 0 bridgehead atoms. The van der Waals surface area contributed by atoms with Gasteiger partial charge in [-0.1, -0.05) is 11.6 Å². The molecule has 0 amide bonds. The molecular weight excluding hydrogens is 240 g/mol. The Morgan fingerprint density at radius 2 is 2.06 bits per heavy atom. The lowest BCUT2D eigenvalue weighted by molar-refractivity contribution is 1.09. The molecule has 2 heterocycles. The summed E-state index contributed by atoms with van der Waals surface area (Å²) < 4.78 is 0.829. The summed E-state index contributed by atoms with van der Waals surface area (Å²) in [5, 5.41) is 3.36. The summed E-state index contributed by atoms with van der Waals surface area (Å²) in [5.74, 6) is 0. The van der Waals surface area contributed by atoms with Gasteiger partial charge in [0.05, 0.1) is 15.7 Å². The fourth-order valence-corrected chi connectivity index (χ4v) is 2.53. The smallest absolute Gasteiger partial charge is 0.0931 e. The molecule has 0 radical (unpaired) electrons. The first-order valence-electron chi connectivity index (χ1n) is 5.07. The van der Waals surface area contributed by atoms with E-state index in [1.807, 2.05) is 32.0 Å². The van der Waals surface area contributed by atoms with E-state index in [1.54, 1.807) is 11.3 Å². The van der Waals surface area contributed by atoms with Crippen molar-refractivity contribution in [2.45, 2.75) is 20.4 Å². The molecule has 0 aliphatic rings. The Bertz CT molecular complexity index is 494. The van der Waals surface area contributed by atoms with Crippen LogP contribution in [0.1, 0.15) is 16.3 Å². The molecular formula is C12H13ClN2S. The number of hydrogen-bond acceptors (Lipinski definition) is 3. The summed E-state index contributed by atoms with van der Waals surface area (Å²) >= 11 is 7.47. The number of hydrogen-bond donors (Lipinski definition) is 1. The van der Waals surface area contributed by atoms with E-state index in [1.165, 1.54) is 4.88 Å². The highest BCUT2D eigenvalue weighted by atomic mass is 35.5. The Labute approximate surface area is 104 Å². The minimum Gasteiger partial charge on any atom is -0.379 e. The van der Waals surface area contributed by atoms with E-state index in [0.717, 1.165) is 28.0 Å². The fourth-order valence-electron chi connectivity index (χ4n) is 1.50. The van der Waals surface area contributed by atoms with Crippen LogP contribution < -0.4 is 5.32 Å². The largest absolute Gasteiger partial charge is 0.379 e. The van der Waals surface area contributed by atoms with E-state index in [9.17, 15) is 0 Å². The first-order chi connectivity index (χ1) is 7.65. The van der Waals surface area contributed by atoms with Gasteiger partial charge < -0.3 is 5.32 Å². The molecule has 2 aromatic heterocycles. The summed E-state index contributed by atoms with van der Waals surface area (Å²) in [6.45, 7) is 4.80. The highest BCUT2D eigenvalue weighted by molar-refractivity contribution is 7.16. The SMILES string of the molecule is Cc1ccc(NCc2ccc(Cl)s2)c(C)n1. The molecule has 16 heavy (non-hydrogen) atoms. The second kappa shape index (κ2) is 4.85. The molecule has 84 valence electrons. The van der Waals surface area contributed by atoms with Crippen LogP contribution in [0.25, 0.3) is 0 Å². The van der Waals surface area contributed by atoms with Gasteiger partial charge in [-0.05, 0) is 38.1 Å². The maximum absolute atomic E-state index is 5.87. The van der Waals surface area contributed by atoms with Crippen LogP contribution in [0, 0.1) is 13.8 Å². The van der Waals surface area contributed by atoms with Crippen LogP contribution in [0.2, 0.25) is 4.34 Å². The van der Waals surface area contributed by atoms with Crippen molar-refractivity contribution in [1.29, 1.82) is 0 Å². The maximum Gasteiger partial charge on any atom is 0.0931 e. The van der Waals surface area contributed by atoms with Crippen LogP contribution in [0.5, 0.6) is 0 Å². The van der Waals surface area contributed by atoms with E-state index in [4.69, 9.17) is 11.6 Å². The third-order valence-corrected chi connectivity index (χ3v) is 3.54. The first-order valence-corrected chi connectivity index (χ1v) is 6.27. The van der Waals surface area contributed by atoms with Crippen molar-refractivity contribution >= 4 is 28.6 Å². The monoisotopic (exact) mass is 252 g/mol. The number of nitrogens with zero attached hydrogens (tertiary/aromatic N) is 1. The Morgan fingerprint density at radius 3 is 2.69 bits per heavy atom. The average Bonchev–Trinajstić information content (AvgIpc) is 2.63. The van der Waals surface area contributed by atoms with Gasteiger partial charge in [0.15, 0.2) is 0 Å². The molecule has 0 unspecified atom stereocenters. The molecule has 0 aliphatic carbocycles. The van der Waals surface area contributed by atoms with E-state index in [0.29, 0.717) is 0 Å². The number of anilines is 1. The molecule has 0 aromatic carbocycles. The zero-order chi connectivity index (χ0) is 11.5. The van der Waals surface area contributed by atoms with Gasteiger partial charge >= 0.3 is 0 Å². The lowest BCUT2D eigenvalue weighted by Crippen LogP contribution is -2.01. The Balaban J connectivity index is 2.04. The predicted molar refractivity (Wildman–Crippen MR) is 70.4 cm³/mol. The molecule has 2 aromatic rings. The Hall–Kier alpha value is -1.06. The van der Waals surface area contributed by atoms with E-state index < -0.39 is 0 Å². The van der Waals surface area contributed by atoms with Crippen LogP contribution in [0.15, 0.2) is 24.3 Å². The second-order valence-electron chi connectivity index (χ2n) is 3.64. The highest BCUT2D eigenvalue weighted by Gasteiger charge is 2.01. The number of pyridine rings is 1. The molecule has 0 spiro atoms. The molecule has 2 rings (SSSR count). The van der Waals surface area contributed by atoms with Gasteiger partial charge in [0.1, 0.15) is 0 Å². The number of nitrogens with one attached hydrogen (secondary N) is 1. The van der Waals surface area contributed by atoms with Crippen molar-refractivity contribution < 1.29 is 0 Å². The number of aryl methyl sites for hydroxylation is 2. The third-order valence-electron chi connectivity index (χ3n) is 2.31. The molecule has 1 N–H and O–H groups in total. The Kier molecular flexibility index (Phi) is 3.46. The van der Waals surface area contributed by atoms with Crippen molar-refractivity contribution in [3.8, 4) is 0 Å². The normalized spacial score (nSPS) is 10.4. The van der Waals surface area contributed by atoms with Gasteiger partial charge in [0.25, 0.3) is 0 Å². The van der Waals surface area contributed by atoms with E-state index in [-0.39, 0.29) is 0 Å². The zero-order valence-corrected chi connectivity index (χ0v) is 10.8. The number of thiophene rings is 1. The molecule has 2 nitrogen and oxygen atoms in total. The van der Waals surface area contributed by atoms with Crippen LogP contribution in [0.4, 0.5) is 5.69 Å². The fraction of sp³-hybridized carbons (Fsp3) is 0.250. The van der Waals surface area contributed by atoms with Crippen molar-refractivity contribution in [3.63, 3.8) is 0 Å². The standard InChI is InChI=1S/C12H13ClN2S/c1-8-3-5-11(9(2)15-8)14-7-10-4-6-12(13)16-10/h3-6,14H,7H2,1-2H3. The van der Waals surface area contributed by atoms with Gasteiger partial charge in [-0.3, -0.25) is 4.98 Å². The van der Waals surface area contributed by atoms with Gasteiger partial charge in [-0.15, -0.1) is 11.3 Å². The van der Waals surface area contributed by atoms with Gasteiger partial charge in [-0.2, -0.15) is 0 Å². The zero-order valence-electron chi connectivity index (χ0n) is 9.25. The van der Waals surface area contributed by atoms with Gasteiger partial charge in [0.2, 0.25) is 0 Å². The maximum atomic E-state index is 5.87. The Morgan fingerprint density at radius 1 is 1.25 bits per heavy atom. The molecule has 0 saturated carbocycles. The van der Waals surface area contributed by atoms with Gasteiger partial charge in [0, 0.05) is 17.1 Å². The lowest BCUT2D eigenvalue weighted by Gasteiger charge is -2.08. The summed E-state index contributed by atoms with van der Waals surface area (Å²) in [6, 6.07) is 8.03. The summed E-state index contributed by atoms with van der Waals surface area (Å²) in [6.07, 6.45) is 0. The second-order valence-corrected chi connectivity index (χ2v) is 5.44. The molecule has 0 aliphatic heterocycles. The first kappa shape index (κ1) is 11.4. The van der Waals surface area contributed by atoms with Crippen LogP contribution in [0.3, 0.4) is 0 Å². The van der Waals surface area contributed by atoms with Crippen molar-refractivity contribution in [2.24, 2.45) is 0 Å². The van der Waals surface area contributed by atoms with Gasteiger partial charge in [-0.25, -0.2) is 0 Å². The van der Waals surface area contributed by atoms with Crippen molar-refractivity contribution in [3.05, 3.63) is 44.9 Å². The molecule has 0 fully saturated rings. The summed E-state index contributed by atoms with van der Waals surface area (Å²) in [7, 11) is 0. The molecule has 0 atom stereocenters. The van der Waals surface area contributed by atoms with Crippen molar-refractivity contribution in [2.75, 3.05) is 5.32 Å². The quantitative estimate of drug-likeness (QED) is 0.892. The summed E-state index contributed by atoms with van der Waals surface area (Å²) in [5.41, 5.74) is 3.15. The van der Waals surface area contributed by atoms with E-state index >= 15 is 0 Å². The minimum absolute atomic E-state index is 0.795. The molecule has 0 saturated heterocycles. The van der Waals surface area contributed by atoms with E-state index in [2.05, 4.69) is 16.4 Å². The van der Waals surface area contributed by atoms with Crippen LogP contribution >= 0.6 is 22.9 Å². The number of halogens is 1. The lowest BCUT2D eigenvalue weighted by atomic mass is 10.2.